The average molecular weight is 348 g/mol. The Hall–Kier alpha value is -2.48. The molecule has 0 spiro atoms. The first-order valence-electron chi connectivity index (χ1n) is 8.16. The van der Waals surface area contributed by atoms with E-state index < -0.39 is 5.97 Å². The number of amides is 1. The molecule has 0 aromatic carbocycles. The van der Waals surface area contributed by atoms with Crippen molar-refractivity contribution in [1.29, 1.82) is 0 Å². The lowest BCUT2D eigenvalue weighted by molar-refractivity contribution is -0.148. The summed E-state index contributed by atoms with van der Waals surface area (Å²) in [5.74, 6) is -0.759. The summed E-state index contributed by atoms with van der Waals surface area (Å²) in [4.78, 5) is 27.9. The summed E-state index contributed by atoms with van der Waals surface area (Å²) in [5.41, 5.74) is 4.49. The standard InChI is InChI=1S/C17H24N4O4/c1-11-9-15-19-12(2)14(13(3)21(15)20-11)5-6-17(23)25-10-16(22)18-7-8-24-4/h9H,5-8,10H2,1-4H3,(H,18,22). The van der Waals surface area contributed by atoms with Crippen LogP contribution in [0.5, 0.6) is 0 Å². The average Bonchev–Trinajstić information content (AvgIpc) is 2.93. The first-order valence-corrected chi connectivity index (χ1v) is 8.16. The number of rotatable bonds is 8. The Labute approximate surface area is 146 Å². The van der Waals surface area contributed by atoms with Crippen molar-refractivity contribution in [2.75, 3.05) is 26.9 Å². The van der Waals surface area contributed by atoms with Crippen LogP contribution in [0.25, 0.3) is 5.65 Å². The highest BCUT2D eigenvalue weighted by Crippen LogP contribution is 2.17. The number of ether oxygens (including phenoxy) is 2. The molecule has 8 heteroatoms. The van der Waals surface area contributed by atoms with Crippen LogP contribution in [-0.2, 0) is 25.5 Å². The maximum absolute atomic E-state index is 11.9. The van der Waals surface area contributed by atoms with E-state index in [0.717, 1.165) is 28.3 Å². The Morgan fingerprint density at radius 2 is 2.04 bits per heavy atom. The molecule has 136 valence electrons. The molecule has 0 saturated heterocycles. The molecule has 2 aromatic rings. The topological polar surface area (TPSA) is 94.8 Å². The molecule has 0 aliphatic rings. The van der Waals surface area contributed by atoms with Gasteiger partial charge in [0.05, 0.1) is 12.3 Å². The highest BCUT2D eigenvalue weighted by Gasteiger charge is 2.14. The maximum atomic E-state index is 11.9. The fraction of sp³-hybridized carbons (Fsp3) is 0.529. The number of aromatic nitrogens is 3. The van der Waals surface area contributed by atoms with Crippen molar-refractivity contribution >= 4 is 17.5 Å². The zero-order chi connectivity index (χ0) is 18.4. The molecular weight excluding hydrogens is 324 g/mol. The lowest BCUT2D eigenvalue weighted by Gasteiger charge is -2.11. The molecule has 2 aromatic heterocycles. The van der Waals surface area contributed by atoms with Crippen molar-refractivity contribution in [2.45, 2.75) is 33.6 Å². The Balaban J connectivity index is 1.89. The molecule has 0 aliphatic heterocycles. The van der Waals surface area contributed by atoms with E-state index in [1.165, 1.54) is 0 Å². The summed E-state index contributed by atoms with van der Waals surface area (Å²) >= 11 is 0. The third-order valence-corrected chi connectivity index (χ3v) is 3.86. The van der Waals surface area contributed by atoms with Gasteiger partial charge in [-0.05, 0) is 32.8 Å². The van der Waals surface area contributed by atoms with Gasteiger partial charge in [0.2, 0.25) is 0 Å². The van der Waals surface area contributed by atoms with Gasteiger partial charge >= 0.3 is 5.97 Å². The largest absolute Gasteiger partial charge is 0.456 e. The van der Waals surface area contributed by atoms with Crippen molar-refractivity contribution < 1.29 is 19.1 Å². The van der Waals surface area contributed by atoms with Gasteiger partial charge in [-0.3, -0.25) is 9.59 Å². The van der Waals surface area contributed by atoms with E-state index in [-0.39, 0.29) is 18.9 Å². The summed E-state index contributed by atoms with van der Waals surface area (Å²) < 4.78 is 11.6. The highest BCUT2D eigenvalue weighted by atomic mass is 16.5. The monoisotopic (exact) mass is 348 g/mol. The summed E-state index contributed by atoms with van der Waals surface area (Å²) in [5, 5.41) is 7.00. The molecule has 0 unspecified atom stereocenters. The van der Waals surface area contributed by atoms with Crippen LogP contribution in [-0.4, -0.2) is 53.3 Å². The number of methoxy groups -OCH3 is 1. The quantitative estimate of drug-likeness (QED) is 0.562. The van der Waals surface area contributed by atoms with Crippen LogP contribution >= 0.6 is 0 Å². The van der Waals surface area contributed by atoms with Gasteiger partial charge in [0, 0.05) is 37.5 Å². The first-order chi connectivity index (χ1) is 11.9. The molecule has 0 radical (unpaired) electrons. The number of esters is 1. The molecule has 0 aliphatic carbocycles. The van der Waals surface area contributed by atoms with E-state index in [4.69, 9.17) is 9.47 Å². The lowest BCUT2D eigenvalue weighted by Crippen LogP contribution is -2.31. The van der Waals surface area contributed by atoms with Crippen LogP contribution in [0, 0.1) is 20.8 Å². The predicted molar refractivity (Wildman–Crippen MR) is 91.4 cm³/mol. The molecule has 0 fully saturated rings. The van der Waals surface area contributed by atoms with Gasteiger partial charge in [0.25, 0.3) is 5.91 Å². The first kappa shape index (κ1) is 18.9. The number of nitrogens with zero attached hydrogens (tertiary/aromatic N) is 3. The summed E-state index contributed by atoms with van der Waals surface area (Å²) in [6, 6.07) is 1.92. The zero-order valence-electron chi connectivity index (χ0n) is 15.1. The molecule has 25 heavy (non-hydrogen) atoms. The Kier molecular flexibility index (Phi) is 6.46. The van der Waals surface area contributed by atoms with Gasteiger partial charge in [0.1, 0.15) is 0 Å². The van der Waals surface area contributed by atoms with Crippen LogP contribution in [0.15, 0.2) is 6.07 Å². The second kappa shape index (κ2) is 8.57. The van der Waals surface area contributed by atoms with Crippen molar-refractivity contribution in [2.24, 2.45) is 0 Å². The summed E-state index contributed by atoms with van der Waals surface area (Å²) in [7, 11) is 1.55. The third kappa shape index (κ3) is 4.99. The Morgan fingerprint density at radius 3 is 2.76 bits per heavy atom. The predicted octanol–water partition coefficient (Wildman–Crippen LogP) is 0.893. The van der Waals surface area contributed by atoms with Gasteiger partial charge in [-0.25, -0.2) is 9.50 Å². The van der Waals surface area contributed by atoms with Crippen molar-refractivity contribution in [3.05, 3.63) is 28.7 Å². The van der Waals surface area contributed by atoms with Gasteiger partial charge in [0.15, 0.2) is 12.3 Å². The van der Waals surface area contributed by atoms with Gasteiger partial charge in [-0.2, -0.15) is 5.10 Å². The Morgan fingerprint density at radius 1 is 1.28 bits per heavy atom. The molecule has 1 amide bonds. The molecule has 0 bridgehead atoms. The van der Waals surface area contributed by atoms with E-state index in [1.807, 2.05) is 26.8 Å². The van der Waals surface area contributed by atoms with E-state index in [2.05, 4.69) is 15.4 Å². The normalized spacial score (nSPS) is 10.9. The molecule has 2 heterocycles. The number of fused-ring (bicyclic) bond motifs is 1. The molecule has 8 nitrogen and oxygen atoms in total. The molecule has 0 atom stereocenters. The maximum Gasteiger partial charge on any atom is 0.306 e. The Bertz CT molecular complexity index is 770. The van der Waals surface area contributed by atoms with E-state index in [1.54, 1.807) is 11.6 Å². The van der Waals surface area contributed by atoms with Gasteiger partial charge in [-0.15, -0.1) is 0 Å². The number of aryl methyl sites for hydroxylation is 3. The molecule has 2 rings (SSSR count). The van der Waals surface area contributed by atoms with Crippen LogP contribution in [0.3, 0.4) is 0 Å². The minimum absolute atomic E-state index is 0.181. The number of hydrogen-bond acceptors (Lipinski definition) is 6. The third-order valence-electron chi connectivity index (χ3n) is 3.86. The van der Waals surface area contributed by atoms with E-state index >= 15 is 0 Å². The van der Waals surface area contributed by atoms with E-state index in [9.17, 15) is 9.59 Å². The van der Waals surface area contributed by atoms with Gasteiger partial charge < -0.3 is 14.8 Å². The van der Waals surface area contributed by atoms with Gasteiger partial charge in [-0.1, -0.05) is 0 Å². The number of nitrogens with one attached hydrogen (secondary N) is 1. The van der Waals surface area contributed by atoms with Crippen molar-refractivity contribution in [3.8, 4) is 0 Å². The fourth-order valence-electron chi connectivity index (χ4n) is 2.59. The van der Waals surface area contributed by atoms with Crippen LogP contribution in [0.1, 0.15) is 29.1 Å². The van der Waals surface area contributed by atoms with Crippen LogP contribution in [0.2, 0.25) is 0 Å². The highest BCUT2D eigenvalue weighted by molar-refractivity contribution is 5.80. The SMILES string of the molecule is COCCNC(=O)COC(=O)CCc1c(C)nc2cc(C)nn2c1C. The number of hydrogen-bond donors (Lipinski definition) is 1. The fourth-order valence-corrected chi connectivity index (χ4v) is 2.59. The van der Waals surface area contributed by atoms with Crippen molar-refractivity contribution in [3.63, 3.8) is 0 Å². The second-order valence-electron chi connectivity index (χ2n) is 5.82. The number of carbonyl (C=O) groups is 2. The summed E-state index contributed by atoms with van der Waals surface area (Å²) in [6.07, 6.45) is 0.671. The van der Waals surface area contributed by atoms with E-state index in [0.29, 0.717) is 19.6 Å². The minimum Gasteiger partial charge on any atom is -0.456 e. The smallest absolute Gasteiger partial charge is 0.306 e. The summed E-state index contributed by atoms with van der Waals surface area (Å²) in [6.45, 7) is 6.31. The molecule has 0 saturated carbocycles. The zero-order valence-corrected chi connectivity index (χ0v) is 15.1. The lowest BCUT2D eigenvalue weighted by atomic mass is 10.1. The molecular formula is C17H24N4O4. The second-order valence-corrected chi connectivity index (χ2v) is 5.82. The number of carbonyl (C=O) groups excluding carboxylic acids is 2. The van der Waals surface area contributed by atoms with Crippen molar-refractivity contribution in [1.82, 2.24) is 19.9 Å². The molecule has 1 N–H and O–H groups in total. The van der Waals surface area contributed by atoms with Crippen LogP contribution in [0.4, 0.5) is 0 Å². The van der Waals surface area contributed by atoms with Crippen LogP contribution < -0.4 is 5.32 Å². The minimum atomic E-state index is -0.419.